The molecule has 6 heteroatoms. The first-order valence-corrected chi connectivity index (χ1v) is 4.72. The standard InChI is InChI=1S/C10H10F2N4/c1-13-5-9-14-10(16-15-9)6-2-3-7(11)8(12)4-6/h2-4,13H,5H2,1H3,(H,14,15,16). The molecule has 0 saturated carbocycles. The summed E-state index contributed by atoms with van der Waals surface area (Å²) in [4.78, 5) is 4.12. The molecule has 1 heterocycles. The summed E-state index contributed by atoms with van der Waals surface area (Å²) in [7, 11) is 1.78. The fourth-order valence-corrected chi connectivity index (χ4v) is 1.31. The zero-order valence-corrected chi connectivity index (χ0v) is 8.59. The Kier molecular flexibility index (Phi) is 2.91. The number of hydrogen-bond donors (Lipinski definition) is 2. The van der Waals surface area contributed by atoms with Crippen LogP contribution in [0.3, 0.4) is 0 Å². The van der Waals surface area contributed by atoms with Crippen LogP contribution in [0.2, 0.25) is 0 Å². The Morgan fingerprint density at radius 3 is 2.81 bits per heavy atom. The van der Waals surface area contributed by atoms with Gasteiger partial charge in [-0.2, -0.15) is 5.10 Å². The Balaban J connectivity index is 2.31. The zero-order valence-electron chi connectivity index (χ0n) is 8.59. The van der Waals surface area contributed by atoms with Crippen LogP contribution >= 0.6 is 0 Å². The quantitative estimate of drug-likeness (QED) is 0.830. The molecule has 1 aromatic carbocycles. The maximum absolute atomic E-state index is 13.0. The van der Waals surface area contributed by atoms with Gasteiger partial charge in [-0.3, -0.25) is 5.10 Å². The molecular weight excluding hydrogens is 214 g/mol. The van der Waals surface area contributed by atoms with Gasteiger partial charge in [-0.05, 0) is 25.2 Å². The minimum atomic E-state index is -0.905. The molecule has 0 amide bonds. The van der Waals surface area contributed by atoms with E-state index in [0.29, 0.717) is 23.8 Å². The topological polar surface area (TPSA) is 53.6 Å². The highest BCUT2D eigenvalue weighted by atomic mass is 19.2. The van der Waals surface area contributed by atoms with E-state index in [1.165, 1.54) is 6.07 Å². The van der Waals surface area contributed by atoms with Crippen LogP contribution in [0.1, 0.15) is 5.82 Å². The number of nitrogens with zero attached hydrogens (tertiary/aromatic N) is 2. The molecule has 2 aromatic rings. The van der Waals surface area contributed by atoms with E-state index in [4.69, 9.17) is 0 Å². The molecule has 0 aliphatic carbocycles. The first kappa shape index (κ1) is 10.7. The number of aromatic amines is 1. The Bertz CT molecular complexity index is 495. The van der Waals surface area contributed by atoms with Crippen molar-refractivity contribution in [2.75, 3.05) is 7.05 Å². The van der Waals surface area contributed by atoms with Gasteiger partial charge in [0.05, 0.1) is 6.54 Å². The first-order chi connectivity index (χ1) is 7.70. The van der Waals surface area contributed by atoms with Gasteiger partial charge in [-0.25, -0.2) is 13.8 Å². The second-order valence-electron chi connectivity index (χ2n) is 3.26. The number of halogens is 2. The summed E-state index contributed by atoms with van der Waals surface area (Å²) in [6.07, 6.45) is 0. The molecule has 84 valence electrons. The summed E-state index contributed by atoms with van der Waals surface area (Å²) in [6, 6.07) is 3.56. The molecule has 0 radical (unpaired) electrons. The van der Waals surface area contributed by atoms with Crippen LogP contribution in [0, 0.1) is 11.6 Å². The molecule has 1 aromatic heterocycles. The number of nitrogens with one attached hydrogen (secondary N) is 2. The average molecular weight is 224 g/mol. The number of H-pyrrole nitrogens is 1. The molecule has 0 spiro atoms. The Morgan fingerprint density at radius 2 is 2.12 bits per heavy atom. The van der Waals surface area contributed by atoms with Crippen LogP contribution in [0.15, 0.2) is 18.2 Å². The maximum Gasteiger partial charge on any atom is 0.181 e. The molecule has 0 bridgehead atoms. The van der Waals surface area contributed by atoms with Gasteiger partial charge in [0.25, 0.3) is 0 Å². The molecule has 0 aliphatic rings. The van der Waals surface area contributed by atoms with Crippen LogP contribution in [0.25, 0.3) is 11.4 Å². The third kappa shape index (κ3) is 2.06. The molecule has 2 N–H and O–H groups in total. The molecule has 0 fully saturated rings. The molecule has 0 aliphatic heterocycles. The summed E-state index contributed by atoms with van der Waals surface area (Å²) < 4.78 is 25.7. The number of aromatic nitrogens is 3. The summed E-state index contributed by atoms with van der Waals surface area (Å²) >= 11 is 0. The van der Waals surface area contributed by atoms with Crippen molar-refractivity contribution in [2.45, 2.75) is 6.54 Å². The van der Waals surface area contributed by atoms with Gasteiger partial charge in [0, 0.05) is 5.56 Å². The molecular formula is C10H10F2N4. The van der Waals surface area contributed by atoms with Crippen LogP contribution in [-0.4, -0.2) is 22.2 Å². The molecule has 16 heavy (non-hydrogen) atoms. The number of rotatable bonds is 3. The third-order valence-electron chi connectivity index (χ3n) is 2.05. The Labute approximate surface area is 90.7 Å². The van der Waals surface area contributed by atoms with Crippen LogP contribution in [-0.2, 0) is 6.54 Å². The van der Waals surface area contributed by atoms with Crippen molar-refractivity contribution in [2.24, 2.45) is 0 Å². The normalized spacial score (nSPS) is 10.7. The van der Waals surface area contributed by atoms with E-state index in [1.807, 2.05) is 0 Å². The fourth-order valence-electron chi connectivity index (χ4n) is 1.31. The van der Waals surface area contributed by atoms with E-state index in [1.54, 1.807) is 7.05 Å². The predicted molar refractivity (Wildman–Crippen MR) is 54.5 cm³/mol. The highest BCUT2D eigenvalue weighted by Gasteiger charge is 2.08. The van der Waals surface area contributed by atoms with Gasteiger partial charge in [-0.15, -0.1) is 0 Å². The Morgan fingerprint density at radius 1 is 1.31 bits per heavy atom. The summed E-state index contributed by atoms with van der Waals surface area (Å²) in [6.45, 7) is 0.538. The molecule has 4 nitrogen and oxygen atoms in total. The van der Waals surface area contributed by atoms with Crippen molar-refractivity contribution in [1.29, 1.82) is 0 Å². The SMILES string of the molecule is CNCc1nc(-c2ccc(F)c(F)c2)n[nH]1. The van der Waals surface area contributed by atoms with Crippen molar-refractivity contribution in [1.82, 2.24) is 20.5 Å². The lowest BCUT2D eigenvalue weighted by Crippen LogP contribution is -2.06. The largest absolute Gasteiger partial charge is 0.313 e. The highest BCUT2D eigenvalue weighted by Crippen LogP contribution is 2.17. The average Bonchev–Trinajstić information content (AvgIpc) is 2.71. The summed E-state index contributed by atoms with van der Waals surface area (Å²) in [5, 5.41) is 9.51. The second-order valence-corrected chi connectivity index (χ2v) is 3.26. The van der Waals surface area contributed by atoms with Gasteiger partial charge >= 0.3 is 0 Å². The minimum Gasteiger partial charge on any atom is -0.313 e. The van der Waals surface area contributed by atoms with Crippen molar-refractivity contribution < 1.29 is 8.78 Å². The monoisotopic (exact) mass is 224 g/mol. The Hall–Kier alpha value is -1.82. The lowest BCUT2D eigenvalue weighted by Gasteiger charge is -1.96. The van der Waals surface area contributed by atoms with Crippen LogP contribution in [0.4, 0.5) is 8.78 Å². The minimum absolute atomic E-state index is 0.351. The van der Waals surface area contributed by atoms with E-state index in [0.717, 1.165) is 12.1 Å². The first-order valence-electron chi connectivity index (χ1n) is 4.72. The fraction of sp³-hybridized carbons (Fsp3) is 0.200. The van der Waals surface area contributed by atoms with E-state index in [2.05, 4.69) is 20.5 Å². The van der Waals surface area contributed by atoms with E-state index < -0.39 is 11.6 Å². The third-order valence-corrected chi connectivity index (χ3v) is 2.05. The van der Waals surface area contributed by atoms with E-state index in [9.17, 15) is 8.78 Å². The van der Waals surface area contributed by atoms with Crippen molar-refractivity contribution in [3.8, 4) is 11.4 Å². The number of hydrogen-bond acceptors (Lipinski definition) is 3. The van der Waals surface area contributed by atoms with Gasteiger partial charge in [0.1, 0.15) is 5.82 Å². The van der Waals surface area contributed by atoms with Crippen LogP contribution < -0.4 is 5.32 Å². The number of benzene rings is 1. The van der Waals surface area contributed by atoms with Gasteiger partial charge in [0.15, 0.2) is 17.5 Å². The molecule has 0 unspecified atom stereocenters. The predicted octanol–water partition coefficient (Wildman–Crippen LogP) is 1.47. The van der Waals surface area contributed by atoms with Gasteiger partial charge in [0.2, 0.25) is 0 Å². The molecule has 0 atom stereocenters. The highest BCUT2D eigenvalue weighted by molar-refractivity contribution is 5.54. The summed E-state index contributed by atoms with van der Waals surface area (Å²) in [5.74, 6) is -0.793. The van der Waals surface area contributed by atoms with Crippen LogP contribution in [0.5, 0.6) is 0 Å². The lowest BCUT2D eigenvalue weighted by atomic mass is 10.2. The zero-order chi connectivity index (χ0) is 11.5. The smallest absolute Gasteiger partial charge is 0.181 e. The maximum atomic E-state index is 13.0. The molecule has 2 rings (SSSR count). The van der Waals surface area contributed by atoms with Crippen molar-refractivity contribution in [3.63, 3.8) is 0 Å². The van der Waals surface area contributed by atoms with Crippen molar-refractivity contribution >= 4 is 0 Å². The van der Waals surface area contributed by atoms with Gasteiger partial charge < -0.3 is 5.32 Å². The van der Waals surface area contributed by atoms with E-state index >= 15 is 0 Å². The summed E-state index contributed by atoms with van der Waals surface area (Å²) in [5.41, 5.74) is 0.442. The molecule has 0 saturated heterocycles. The van der Waals surface area contributed by atoms with Gasteiger partial charge in [-0.1, -0.05) is 0 Å². The second kappa shape index (κ2) is 4.36. The van der Waals surface area contributed by atoms with E-state index in [-0.39, 0.29) is 0 Å². The van der Waals surface area contributed by atoms with Crippen molar-refractivity contribution in [3.05, 3.63) is 35.7 Å². The lowest BCUT2D eigenvalue weighted by molar-refractivity contribution is 0.509.